The van der Waals surface area contributed by atoms with Gasteiger partial charge in [-0.2, -0.15) is 0 Å². The van der Waals surface area contributed by atoms with Crippen molar-refractivity contribution >= 4 is 6.09 Å². The van der Waals surface area contributed by atoms with Gasteiger partial charge >= 0.3 is 6.09 Å². The average molecular weight is 428 g/mol. The van der Waals surface area contributed by atoms with Crippen molar-refractivity contribution in [2.24, 2.45) is 11.7 Å². The zero-order valence-electron chi connectivity index (χ0n) is 16.9. The molecule has 0 unspecified atom stereocenters. The Balaban J connectivity index is 1.56. The van der Waals surface area contributed by atoms with E-state index in [-0.39, 0.29) is 25.1 Å². The first-order valence-electron chi connectivity index (χ1n) is 10.4. The first-order valence-corrected chi connectivity index (χ1v) is 10.4. The van der Waals surface area contributed by atoms with Crippen LogP contribution in [-0.4, -0.2) is 65.4 Å². The Morgan fingerprint density at radius 2 is 1.90 bits per heavy atom. The SMILES string of the molecule is N[C@@H](Cc1cc(F)cc(F)c1)[C@H](O)[C@H]1CO[C@@H](OCC2CCCCC2)CN1C(=O)O. The van der Waals surface area contributed by atoms with Crippen LogP contribution in [0.25, 0.3) is 0 Å². The number of nitrogens with zero attached hydrogens (tertiary/aromatic N) is 1. The van der Waals surface area contributed by atoms with Gasteiger partial charge in [-0.25, -0.2) is 13.6 Å². The maximum absolute atomic E-state index is 13.4. The zero-order valence-corrected chi connectivity index (χ0v) is 16.9. The first-order chi connectivity index (χ1) is 14.3. The van der Waals surface area contributed by atoms with Crippen LogP contribution < -0.4 is 5.73 Å². The number of halogens is 2. The lowest BCUT2D eigenvalue weighted by Gasteiger charge is -2.41. The van der Waals surface area contributed by atoms with Crippen molar-refractivity contribution in [3.8, 4) is 0 Å². The van der Waals surface area contributed by atoms with Gasteiger partial charge < -0.3 is 25.4 Å². The summed E-state index contributed by atoms with van der Waals surface area (Å²) >= 11 is 0. The molecular formula is C21H30F2N2O5. The monoisotopic (exact) mass is 428 g/mol. The van der Waals surface area contributed by atoms with Crippen molar-refractivity contribution in [1.82, 2.24) is 4.90 Å². The lowest BCUT2D eigenvalue weighted by atomic mass is 9.90. The van der Waals surface area contributed by atoms with Crippen LogP contribution in [0.4, 0.5) is 13.6 Å². The van der Waals surface area contributed by atoms with E-state index < -0.39 is 42.2 Å². The highest BCUT2D eigenvalue weighted by atomic mass is 19.1. The molecule has 3 rings (SSSR count). The second kappa shape index (κ2) is 10.5. The number of benzene rings is 1. The van der Waals surface area contributed by atoms with E-state index in [4.69, 9.17) is 15.2 Å². The van der Waals surface area contributed by atoms with Crippen molar-refractivity contribution in [1.29, 1.82) is 0 Å². The molecule has 1 saturated heterocycles. The number of morpholine rings is 1. The summed E-state index contributed by atoms with van der Waals surface area (Å²) in [5.74, 6) is -1.01. The second-order valence-corrected chi connectivity index (χ2v) is 8.24. The molecule has 1 aliphatic carbocycles. The fraction of sp³-hybridized carbons (Fsp3) is 0.667. The molecule has 1 saturated carbocycles. The molecule has 2 fully saturated rings. The van der Waals surface area contributed by atoms with Gasteiger partial charge in [0.15, 0.2) is 6.29 Å². The molecule has 0 bridgehead atoms. The van der Waals surface area contributed by atoms with Crippen molar-refractivity contribution in [3.05, 3.63) is 35.4 Å². The molecule has 168 valence electrons. The fourth-order valence-electron chi connectivity index (χ4n) is 4.25. The van der Waals surface area contributed by atoms with Crippen molar-refractivity contribution in [3.63, 3.8) is 0 Å². The van der Waals surface area contributed by atoms with Gasteiger partial charge in [-0.05, 0) is 42.9 Å². The molecule has 4 N–H and O–H groups in total. The van der Waals surface area contributed by atoms with Crippen LogP contribution in [-0.2, 0) is 15.9 Å². The zero-order chi connectivity index (χ0) is 21.7. The van der Waals surface area contributed by atoms with Crippen molar-refractivity contribution in [2.45, 2.75) is 63.0 Å². The van der Waals surface area contributed by atoms with E-state index in [1.807, 2.05) is 0 Å². The minimum atomic E-state index is -1.27. The Morgan fingerprint density at radius 3 is 2.53 bits per heavy atom. The molecule has 4 atom stereocenters. The molecule has 0 aromatic heterocycles. The number of aliphatic hydroxyl groups is 1. The van der Waals surface area contributed by atoms with Gasteiger partial charge in [0.05, 0.1) is 31.9 Å². The largest absolute Gasteiger partial charge is 0.465 e. The first kappa shape index (κ1) is 22.9. The summed E-state index contributed by atoms with van der Waals surface area (Å²) in [7, 11) is 0. The number of carbonyl (C=O) groups is 1. The predicted molar refractivity (Wildman–Crippen MR) is 105 cm³/mol. The average Bonchev–Trinajstić information content (AvgIpc) is 2.71. The van der Waals surface area contributed by atoms with Crippen LogP contribution in [0.2, 0.25) is 0 Å². The van der Waals surface area contributed by atoms with Crippen LogP contribution in [0.1, 0.15) is 37.7 Å². The molecule has 9 heteroatoms. The third-order valence-corrected chi connectivity index (χ3v) is 5.91. The summed E-state index contributed by atoms with van der Waals surface area (Å²) in [4.78, 5) is 12.8. The summed E-state index contributed by atoms with van der Waals surface area (Å²) in [5, 5.41) is 20.2. The lowest BCUT2D eigenvalue weighted by molar-refractivity contribution is -0.205. The molecule has 1 heterocycles. The third kappa shape index (κ3) is 6.10. The Kier molecular flexibility index (Phi) is 7.99. The normalized spacial score (nSPS) is 25.1. The van der Waals surface area contributed by atoms with E-state index in [1.54, 1.807) is 0 Å². The van der Waals surface area contributed by atoms with Crippen LogP contribution in [0, 0.1) is 17.6 Å². The molecule has 2 aliphatic rings. The van der Waals surface area contributed by atoms with Crippen LogP contribution in [0.5, 0.6) is 0 Å². The van der Waals surface area contributed by atoms with Crippen molar-refractivity contribution < 1.29 is 33.3 Å². The van der Waals surface area contributed by atoms with E-state index >= 15 is 0 Å². The Morgan fingerprint density at radius 1 is 1.23 bits per heavy atom. The highest BCUT2D eigenvalue weighted by Gasteiger charge is 2.39. The molecule has 1 aromatic carbocycles. The van der Waals surface area contributed by atoms with Crippen LogP contribution in [0.15, 0.2) is 18.2 Å². The topological polar surface area (TPSA) is 105 Å². The van der Waals surface area contributed by atoms with Gasteiger partial charge in [0, 0.05) is 12.1 Å². The van der Waals surface area contributed by atoms with Gasteiger partial charge in [-0.3, -0.25) is 4.90 Å². The van der Waals surface area contributed by atoms with Crippen LogP contribution in [0.3, 0.4) is 0 Å². The van der Waals surface area contributed by atoms with Gasteiger partial charge in [0.1, 0.15) is 11.6 Å². The number of hydrogen-bond acceptors (Lipinski definition) is 5. The number of nitrogens with two attached hydrogens (primary N) is 1. The summed E-state index contributed by atoms with van der Waals surface area (Å²) in [6.45, 7) is 0.412. The number of amides is 1. The van der Waals surface area contributed by atoms with E-state index in [0.29, 0.717) is 12.5 Å². The highest BCUT2D eigenvalue weighted by Crippen LogP contribution is 2.25. The fourth-order valence-corrected chi connectivity index (χ4v) is 4.25. The van der Waals surface area contributed by atoms with E-state index in [9.17, 15) is 23.8 Å². The van der Waals surface area contributed by atoms with Gasteiger partial charge in [-0.1, -0.05) is 19.3 Å². The van der Waals surface area contributed by atoms with Crippen LogP contribution >= 0.6 is 0 Å². The molecule has 7 nitrogen and oxygen atoms in total. The number of ether oxygens (including phenoxy) is 2. The van der Waals surface area contributed by atoms with E-state index in [2.05, 4.69) is 0 Å². The number of hydrogen-bond donors (Lipinski definition) is 3. The van der Waals surface area contributed by atoms with Gasteiger partial charge in [0.25, 0.3) is 0 Å². The second-order valence-electron chi connectivity index (χ2n) is 8.24. The Labute approximate surface area is 174 Å². The molecule has 1 aromatic rings. The minimum Gasteiger partial charge on any atom is -0.465 e. The Bertz CT molecular complexity index is 696. The van der Waals surface area contributed by atoms with Crippen molar-refractivity contribution in [2.75, 3.05) is 19.8 Å². The molecule has 1 amide bonds. The molecular weight excluding hydrogens is 398 g/mol. The maximum atomic E-state index is 13.4. The molecule has 0 radical (unpaired) electrons. The predicted octanol–water partition coefficient (Wildman–Crippen LogP) is 2.50. The number of rotatable bonds is 7. The molecule has 0 spiro atoms. The van der Waals surface area contributed by atoms with E-state index in [1.165, 1.54) is 19.3 Å². The number of carboxylic acid groups (broad SMARTS) is 1. The summed E-state index contributed by atoms with van der Waals surface area (Å²) in [5.41, 5.74) is 6.32. The maximum Gasteiger partial charge on any atom is 0.407 e. The molecule has 30 heavy (non-hydrogen) atoms. The molecule has 1 aliphatic heterocycles. The highest BCUT2D eigenvalue weighted by molar-refractivity contribution is 5.65. The Hall–Kier alpha value is -1.81. The quantitative estimate of drug-likeness (QED) is 0.616. The smallest absolute Gasteiger partial charge is 0.407 e. The third-order valence-electron chi connectivity index (χ3n) is 5.91. The summed E-state index contributed by atoms with van der Waals surface area (Å²) in [6.07, 6.45) is 2.62. The van der Waals surface area contributed by atoms with Gasteiger partial charge in [0.2, 0.25) is 0 Å². The van der Waals surface area contributed by atoms with E-state index in [0.717, 1.165) is 35.9 Å². The minimum absolute atomic E-state index is 0.0125. The summed E-state index contributed by atoms with van der Waals surface area (Å²) in [6, 6.07) is 1.20. The standard InChI is InChI=1S/C21H30F2N2O5/c22-15-6-14(7-16(23)9-15)8-17(24)20(26)18-12-30-19(10-25(18)21(27)28)29-11-13-4-2-1-3-5-13/h6-7,9,13,17-20,26H,1-5,8,10-12,24H2,(H,27,28)/t17-,18+,19+,20-/m0/s1. The number of aliphatic hydroxyl groups excluding tert-OH is 1. The lowest BCUT2D eigenvalue weighted by Crippen LogP contribution is -2.61. The van der Waals surface area contributed by atoms with Gasteiger partial charge in [-0.15, -0.1) is 0 Å². The summed E-state index contributed by atoms with van der Waals surface area (Å²) < 4.78 is 38.2.